The highest BCUT2D eigenvalue weighted by molar-refractivity contribution is 6.33. The predicted octanol–water partition coefficient (Wildman–Crippen LogP) is 4.03. The van der Waals surface area contributed by atoms with Gasteiger partial charge >= 0.3 is 5.97 Å². The number of hydrogen-bond donors (Lipinski definition) is 1. The molecule has 1 aliphatic carbocycles. The van der Waals surface area contributed by atoms with Crippen LogP contribution in [0.5, 0.6) is 0 Å². The van der Waals surface area contributed by atoms with Crippen molar-refractivity contribution in [2.24, 2.45) is 0 Å². The first-order chi connectivity index (χ1) is 12.9. The molecule has 0 radical (unpaired) electrons. The highest BCUT2D eigenvalue weighted by Gasteiger charge is 2.23. The van der Waals surface area contributed by atoms with Crippen molar-refractivity contribution in [3.8, 4) is 0 Å². The molecule has 148 valence electrons. The molecule has 1 aromatic rings. The summed E-state index contributed by atoms with van der Waals surface area (Å²) in [5.41, 5.74) is 0.662. The number of carbonyl (C=O) groups is 3. The molecule has 1 fully saturated rings. The summed E-state index contributed by atoms with van der Waals surface area (Å²) in [6.45, 7) is 1.93. The van der Waals surface area contributed by atoms with Gasteiger partial charge in [0.15, 0.2) is 0 Å². The molecule has 2 rings (SSSR count). The fraction of sp³-hybridized carbons (Fsp3) is 0.550. The lowest BCUT2D eigenvalue weighted by Crippen LogP contribution is -2.40. The molecular formula is C20H27ClN2O4. The molecule has 0 atom stereocenters. The number of anilines is 1. The first-order valence-electron chi connectivity index (χ1n) is 9.37. The van der Waals surface area contributed by atoms with E-state index in [1.54, 1.807) is 6.92 Å². The average molecular weight is 395 g/mol. The summed E-state index contributed by atoms with van der Waals surface area (Å²) in [5, 5.41) is 3.06. The van der Waals surface area contributed by atoms with Crippen molar-refractivity contribution in [3.63, 3.8) is 0 Å². The van der Waals surface area contributed by atoms with E-state index in [-0.39, 0.29) is 24.3 Å². The molecule has 0 heterocycles. The lowest BCUT2D eigenvalue weighted by molar-refractivity contribution is -0.131. The van der Waals surface area contributed by atoms with E-state index in [1.165, 1.54) is 38.2 Å². The van der Waals surface area contributed by atoms with Crippen molar-refractivity contribution in [1.29, 1.82) is 0 Å². The fourth-order valence-electron chi connectivity index (χ4n) is 3.47. The maximum absolute atomic E-state index is 12.4. The Morgan fingerprint density at radius 3 is 2.44 bits per heavy atom. The van der Waals surface area contributed by atoms with Crippen LogP contribution in [0.15, 0.2) is 18.2 Å². The van der Waals surface area contributed by atoms with Gasteiger partial charge in [-0.05, 0) is 31.0 Å². The largest absolute Gasteiger partial charge is 0.465 e. The molecule has 27 heavy (non-hydrogen) atoms. The van der Waals surface area contributed by atoms with Gasteiger partial charge in [0.1, 0.15) is 0 Å². The van der Waals surface area contributed by atoms with E-state index in [4.69, 9.17) is 11.6 Å². The van der Waals surface area contributed by atoms with E-state index < -0.39 is 5.97 Å². The van der Waals surface area contributed by atoms with Gasteiger partial charge in [-0.3, -0.25) is 9.59 Å². The van der Waals surface area contributed by atoms with Gasteiger partial charge in [-0.25, -0.2) is 4.79 Å². The minimum atomic E-state index is -0.502. The third kappa shape index (κ3) is 6.24. The smallest absolute Gasteiger partial charge is 0.337 e. The normalized spacial score (nSPS) is 14.9. The van der Waals surface area contributed by atoms with Crippen LogP contribution in [0, 0.1) is 0 Å². The SMILES string of the molecule is COC(=O)c1ccc(Cl)c(NC(=O)CCN(C(C)=O)C2CCCCCC2)c1. The number of benzene rings is 1. The minimum Gasteiger partial charge on any atom is -0.465 e. The van der Waals surface area contributed by atoms with Crippen LogP contribution >= 0.6 is 11.6 Å². The van der Waals surface area contributed by atoms with Crippen LogP contribution in [0.25, 0.3) is 0 Å². The Balaban J connectivity index is 1.97. The van der Waals surface area contributed by atoms with Crippen molar-refractivity contribution in [3.05, 3.63) is 28.8 Å². The van der Waals surface area contributed by atoms with Crippen molar-refractivity contribution in [1.82, 2.24) is 4.90 Å². The number of halogens is 1. The third-order valence-electron chi connectivity index (χ3n) is 4.91. The Morgan fingerprint density at radius 2 is 1.85 bits per heavy atom. The van der Waals surface area contributed by atoms with Gasteiger partial charge < -0.3 is 15.0 Å². The van der Waals surface area contributed by atoms with Gasteiger partial charge in [-0.15, -0.1) is 0 Å². The summed E-state index contributed by atoms with van der Waals surface area (Å²) in [6.07, 6.45) is 6.82. The number of nitrogens with zero attached hydrogens (tertiary/aromatic N) is 1. The van der Waals surface area contributed by atoms with Crippen molar-refractivity contribution in [2.45, 2.75) is 57.9 Å². The van der Waals surface area contributed by atoms with Gasteiger partial charge in [0.2, 0.25) is 11.8 Å². The van der Waals surface area contributed by atoms with Gasteiger partial charge in [0, 0.05) is 25.9 Å². The zero-order valence-corrected chi connectivity index (χ0v) is 16.7. The van der Waals surface area contributed by atoms with Gasteiger partial charge in [-0.1, -0.05) is 37.3 Å². The number of esters is 1. The third-order valence-corrected chi connectivity index (χ3v) is 5.24. The first kappa shape index (κ1) is 21.2. The zero-order valence-electron chi connectivity index (χ0n) is 15.9. The second kappa shape index (κ2) is 10.3. The molecule has 1 N–H and O–H groups in total. The van der Waals surface area contributed by atoms with Crippen molar-refractivity contribution < 1.29 is 19.1 Å². The van der Waals surface area contributed by atoms with Crippen LogP contribution < -0.4 is 5.32 Å². The van der Waals surface area contributed by atoms with E-state index in [2.05, 4.69) is 10.1 Å². The lowest BCUT2D eigenvalue weighted by Gasteiger charge is -2.30. The molecule has 2 amide bonds. The van der Waals surface area contributed by atoms with E-state index >= 15 is 0 Å². The van der Waals surface area contributed by atoms with E-state index in [1.807, 2.05) is 4.90 Å². The molecule has 0 aliphatic heterocycles. The van der Waals surface area contributed by atoms with Crippen LogP contribution in [-0.2, 0) is 14.3 Å². The Kier molecular flexibility index (Phi) is 8.10. The topological polar surface area (TPSA) is 75.7 Å². The standard InChI is InChI=1S/C20H27ClN2O4/c1-14(24)23(16-7-5-3-4-6-8-16)12-11-19(25)22-18-13-15(20(26)27-2)9-10-17(18)21/h9-10,13,16H,3-8,11-12H2,1-2H3,(H,22,25). The molecule has 0 bridgehead atoms. The average Bonchev–Trinajstić information content (AvgIpc) is 2.92. The van der Waals surface area contributed by atoms with Gasteiger partial charge in [0.05, 0.1) is 23.4 Å². The molecule has 0 aromatic heterocycles. The molecule has 1 aliphatic rings. The summed E-state index contributed by atoms with van der Waals surface area (Å²) in [4.78, 5) is 37.9. The highest BCUT2D eigenvalue weighted by Crippen LogP contribution is 2.25. The summed E-state index contributed by atoms with van der Waals surface area (Å²) in [7, 11) is 1.29. The number of hydrogen-bond acceptors (Lipinski definition) is 4. The summed E-state index contributed by atoms with van der Waals surface area (Å²) in [5.74, 6) is -0.752. The quantitative estimate of drug-likeness (QED) is 0.583. The van der Waals surface area contributed by atoms with Crippen LogP contribution in [0.3, 0.4) is 0 Å². The summed E-state index contributed by atoms with van der Waals surface area (Å²) >= 11 is 6.11. The number of methoxy groups -OCH3 is 1. The Hall–Kier alpha value is -2.08. The number of nitrogens with one attached hydrogen (secondary N) is 1. The second-order valence-electron chi connectivity index (χ2n) is 6.84. The number of rotatable bonds is 6. The maximum atomic E-state index is 12.4. The van der Waals surface area contributed by atoms with Crippen LogP contribution in [0.1, 0.15) is 62.2 Å². The van der Waals surface area contributed by atoms with E-state index in [0.29, 0.717) is 22.8 Å². The Labute approximate surface area is 165 Å². The molecule has 0 saturated heterocycles. The van der Waals surface area contributed by atoms with E-state index in [9.17, 15) is 14.4 Å². The summed E-state index contributed by atoms with van der Waals surface area (Å²) < 4.78 is 4.68. The van der Waals surface area contributed by atoms with Crippen LogP contribution in [0.4, 0.5) is 5.69 Å². The molecule has 6 nitrogen and oxygen atoms in total. The highest BCUT2D eigenvalue weighted by atomic mass is 35.5. The monoisotopic (exact) mass is 394 g/mol. The van der Waals surface area contributed by atoms with Gasteiger partial charge in [0.25, 0.3) is 0 Å². The molecule has 0 unspecified atom stereocenters. The second-order valence-corrected chi connectivity index (χ2v) is 7.25. The number of carbonyl (C=O) groups excluding carboxylic acids is 3. The summed E-state index contributed by atoms with van der Waals surface area (Å²) in [6, 6.07) is 4.77. The predicted molar refractivity (Wildman–Crippen MR) is 105 cm³/mol. The molecule has 1 saturated carbocycles. The first-order valence-corrected chi connectivity index (χ1v) is 9.75. The molecule has 7 heteroatoms. The molecular weight excluding hydrogens is 368 g/mol. The molecule has 0 spiro atoms. The number of amides is 2. The lowest BCUT2D eigenvalue weighted by atomic mass is 10.1. The van der Waals surface area contributed by atoms with Crippen molar-refractivity contribution >= 4 is 35.1 Å². The number of ether oxygens (including phenoxy) is 1. The minimum absolute atomic E-state index is 0.000390. The van der Waals surface area contributed by atoms with E-state index in [0.717, 1.165) is 25.7 Å². The van der Waals surface area contributed by atoms with Gasteiger partial charge in [-0.2, -0.15) is 0 Å². The Morgan fingerprint density at radius 1 is 1.19 bits per heavy atom. The van der Waals surface area contributed by atoms with Crippen molar-refractivity contribution in [2.75, 3.05) is 19.0 Å². The molecule has 1 aromatic carbocycles. The Bertz CT molecular complexity index is 685. The van der Waals surface area contributed by atoms with Crippen LogP contribution in [0.2, 0.25) is 5.02 Å². The van der Waals surface area contributed by atoms with Crippen LogP contribution in [-0.4, -0.2) is 42.4 Å². The maximum Gasteiger partial charge on any atom is 0.337 e. The zero-order chi connectivity index (χ0) is 19.8. The fourth-order valence-corrected chi connectivity index (χ4v) is 3.63.